The Morgan fingerprint density at radius 1 is 1.03 bits per heavy atom. The summed E-state index contributed by atoms with van der Waals surface area (Å²) >= 11 is 6.12. The van der Waals surface area contributed by atoms with E-state index < -0.39 is 11.9 Å². The minimum atomic E-state index is -0.991. The van der Waals surface area contributed by atoms with Crippen LogP contribution in [0.5, 0.6) is 11.5 Å². The second-order valence-electron chi connectivity index (χ2n) is 6.62. The molecule has 32 heavy (non-hydrogen) atoms. The quantitative estimate of drug-likeness (QED) is 0.374. The Kier molecular flexibility index (Phi) is 7.46. The summed E-state index contributed by atoms with van der Waals surface area (Å²) < 4.78 is 15.9. The number of ether oxygens (including phenoxy) is 3. The van der Waals surface area contributed by atoms with E-state index in [1.54, 1.807) is 60.8 Å². The van der Waals surface area contributed by atoms with Gasteiger partial charge in [-0.2, -0.15) is 0 Å². The second kappa shape index (κ2) is 10.5. The van der Waals surface area contributed by atoms with Gasteiger partial charge in [0.1, 0.15) is 6.61 Å². The van der Waals surface area contributed by atoms with E-state index in [0.29, 0.717) is 17.2 Å². The minimum Gasteiger partial charge on any atom is -0.493 e. The highest BCUT2D eigenvalue weighted by atomic mass is 35.5. The molecule has 3 aromatic carbocycles. The maximum absolute atomic E-state index is 11.6. The summed E-state index contributed by atoms with van der Waals surface area (Å²) in [5, 5.41) is 9.35. The van der Waals surface area contributed by atoms with Gasteiger partial charge in [0, 0.05) is 6.21 Å². The van der Waals surface area contributed by atoms with Crippen molar-refractivity contribution in [2.75, 3.05) is 14.2 Å². The summed E-state index contributed by atoms with van der Waals surface area (Å²) in [6.45, 7) is 0.190. The van der Waals surface area contributed by atoms with Crippen molar-refractivity contribution in [1.82, 2.24) is 0 Å². The largest absolute Gasteiger partial charge is 0.493 e. The van der Waals surface area contributed by atoms with Crippen LogP contribution in [0.15, 0.2) is 65.7 Å². The number of benzene rings is 3. The van der Waals surface area contributed by atoms with E-state index in [-0.39, 0.29) is 22.8 Å². The predicted molar refractivity (Wildman–Crippen MR) is 121 cm³/mol. The van der Waals surface area contributed by atoms with Gasteiger partial charge < -0.3 is 19.3 Å². The number of aromatic carboxylic acids is 1. The van der Waals surface area contributed by atoms with Crippen LogP contribution < -0.4 is 9.47 Å². The summed E-state index contributed by atoms with van der Waals surface area (Å²) in [6, 6.07) is 16.6. The molecule has 0 heterocycles. The fourth-order valence-electron chi connectivity index (χ4n) is 2.85. The van der Waals surface area contributed by atoms with Crippen molar-refractivity contribution in [3.8, 4) is 11.5 Å². The number of halogens is 1. The number of methoxy groups -OCH3 is 2. The summed E-state index contributed by atoms with van der Waals surface area (Å²) in [4.78, 5) is 27.1. The maximum atomic E-state index is 11.6. The Hall–Kier alpha value is -3.84. The third-order valence-electron chi connectivity index (χ3n) is 4.48. The van der Waals surface area contributed by atoms with Gasteiger partial charge in [0.05, 0.1) is 36.1 Å². The lowest BCUT2D eigenvalue weighted by Crippen LogP contribution is -2.01. The van der Waals surface area contributed by atoms with Crippen LogP contribution in [0.1, 0.15) is 31.8 Å². The van der Waals surface area contributed by atoms with Gasteiger partial charge in [-0.15, -0.1) is 0 Å². The lowest BCUT2D eigenvalue weighted by Gasteiger charge is -2.11. The Labute approximate surface area is 189 Å². The molecule has 0 aliphatic heterocycles. The van der Waals surface area contributed by atoms with E-state index in [9.17, 15) is 9.59 Å². The van der Waals surface area contributed by atoms with Gasteiger partial charge in [0.25, 0.3) is 0 Å². The van der Waals surface area contributed by atoms with E-state index in [1.165, 1.54) is 20.3 Å². The van der Waals surface area contributed by atoms with Crippen molar-refractivity contribution in [2.24, 2.45) is 4.99 Å². The zero-order valence-corrected chi connectivity index (χ0v) is 18.1. The summed E-state index contributed by atoms with van der Waals surface area (Å²) in [5.74, 6) is -0.492. The number of hydrogen-bond donors (Lipinski definition) is 1. The highest BCUT2D eigenvalue weighted by molar-refractivity contribution is 6.33. The average Bonchev–Trinajstić information content (AvgIpc) is 2.81. The van der Waals surface area contributed by atoms with Crippen LogP contribution in [0.4, 0.5) is 5.69 Å². The third-order valence-corrected chi connectivity index (χ3v) is 4.79. The number of nitrogens with zero attached hydrogens (tertiary/aromatic N) is 1. The zero-order chi connectivity index (χ0) is 23.1. The fourth-order valence-corrected chi connectivity index (χ4v) is 3.10. The molecule has 8 heteroatoms. The van der Waals surface area contributed by atoms with Crippen LogP contribution in [0, 0.1) is 0 Å². The number of carbonyl (C=O) groups excluding carboxylic acids is 1. The van der Waals surface area contributed by atoms with E-state index in [0.717, 1.165) is 11.1 Å². The molecule has 0 aliphatic rings. The first-order valence-electron chi connectivity index (χ1n) is 9.46. The van der Waals surface area contributed by atoms with Gasteiger partial charge in [0.15, 0.2) is 11.5 Å². The van der Waals surface area contributed by atoms with Crippen LogP contribution in [-0.2, 0) is 11.3 Å². The lowest BCUT2D eigenvalue weighted by atomic mass is 10.1. The Morgan fingerprint density at radius 3 is 2.53 bits per heavy atom. The van der Waals surface area contributed by atoms with Gasteiger partial charge in [-0.3, -0.25) is 4.99 Å². The molecule has 0 bridgehead atoms. The first kappa shape index (κ1) is 22.8. The van der Waals surface area contributed by atoms with Gasteiger partial charge in [-0.1, -0.05) is 23.7 Å². The minimum absolute atomic E-state index is 0.190. The smallest absolute Gasteiger partial charge is 0.339 e. The van der Waals surface area contributed by atoms with Crippen LogP contribution in [0.3, 0.4) is 0 Å². The molecular weight excluding hydrogens is 434 g/mol. The number of rotatable bonds is 8. The SMILES string of the molecule is COC(=O)c1ccc(N=Cc2ccc(OCc3cccc(C(=O)O)c3)c(OC)c2)cc1Cl. The molecule has 0 spiro atoms. The first-order chi connectivity index (χ1) is 15.4. The Balaban J connectivity index is 1.72. The molecule has 0 fully saturated rings. The normalized spacial score (nSPS) is 10.7. The molecule has 0 saturated heterocycles. The van der Waals surface area contributed by atoms with E-state index in [1.807, 2.05) is 0 Å². The van der Waals surface area contributed by atoms with Crippen molar-refractivity contribution in [2.45, 2.75) is 6.61 Å². The van der Waals surface area contributed by atoms with Crippen molar-refractivity contribution >= 4 is 35.4 Å². The second-order valence-corrected chi connectivity index (χ2v) is 7.03. The molecule has 0 atom stereocenters. The van der Waals surface area contributed by atoms with Crippen molar-refractivity contribution in [1.29, 1.82) is 0 Å². The summed E-state index contributed by atoms with van der Waals surface area (Å²) in [7, 11) is 2.82. The standard InChI is InChI=1S/C24H20ClNO6/c1-30-22-11-15(13-26-18-7-8-19(20(25)12-18)24(29)31-2)6-9-21(22)32-14-16-4-3-5-17(10-16)23(27)28/h3-13H,14H2,1-2H3,(H,27,28). The highest BCUT2D eigenvalue weighted by Gasteiger charge is 2.11. The first-order valence-corrected chi connectivity index (χ1v) is 9.84. The molecule has 1 N–H and O–H groups in total. The number of hydrogen-bond acceptors (Lipinski definition) is 6. The number of aliphatic imine (C=N–C) groups is 1. The molecule has 0 aliphatic carbocycles. The van der Waals surface area contributed by atoms with Crippen molar-refractivity contribution in [3.63, 3.8) is 0 Å². The molecular formula is C24H20ClNO6. The number of carbonyl (C=O) groups is 2. The summed E-state index contributed by atoms with van der Waals surface area (Å²) in [6.07, 6.45) is 1.63. The Bertz CT molecular complexity index is 1170. The molecule has 0 saturated carbocycles. The lowest BCUT2D eigenvalue weighted by molar-refractivity contribution is 0.0600. The molecule has 0 unspecified atom stereocenters. The molecule has 0 radical (unpaired) electrons. The topological polar surface area (TPSA) is 94.4 Å². The van der Waals surface area contributed by atoms with E-state index in [2.05, 4.69) is 9.73 Å². The van der Waals surface area contributed by atoms with Gasteiger partial charge in [0.2, 0.25) is 0 Å². The molecule has 164 valence electrons. The molecule has 3 aromatic rings. The fraction of sp³-hybridized carbons (Fsp3) is 0.125. The van der Waals surface area contributed by atoms with Crippen LogP contribution in [-0.4, -0.2) is 37.5 Å². The van der Waals surface area contributed by atoms with E-state index in [4.69, 9.17) is 26.2 Å². The number of carboxylic acid groups (broad SMARTS) is 1. The molecule has 0 amide bonds. The van der Waals surface area contributed by atoms with Gasteiger partial charge in [-0.25, -0.2) is 9.59 Å². The monoisotopic (exact) mass is 453 g/mol. The van der Waals surface area contributed by atoms with Gasteiger partial charge >= 0.3 is 11.9 Å². The molecule has 7 nitrogen and oxygen atoms in total. The number of esters is 1. The van der Waals surface area contributed by atoms with Crippen LogP contribution in [0.2, 0.25) is 5.02 Å². The Morgan fingerprint density at radius 2 is 1.84 bits per heavy atom. The highest BCUT2D eigenvalue weighted by Crippen LogP contribution is 2.29. The van der Waals surface area contributed by atoms with Gasteiger partial charge in [-0.05, 0) is 59.7 Å². The van der Waals surface area contributed by atoms with E-state index >= 15 is 0 Å². The maximum Gasteiger partial charge on any atom is 0.339 e. The van der Waals surface area contributed by atoms with Crippen molar-refractivity contribution < 1.29 is 28.9 Å². The van der Waals surface area contributed by atoms with Crippen LogP contribution >= 0.6 is 11.6 Å². The zero-order valence-electron chi connectivity index (χ0n) is 17.4. The number of carboxylic acids is 1. The van der Waals surface area contributed by atoms with Crippen molar-refractivity contribution in [3.05, 3.63) is 87.9 Å². The molecule has 3 rings (SSSR count). The third kappa shape index (κ3) is 5.65. The van der Waals surface area contributed by atoms with Crippen LogP contribution in [0.25, 0.3) is 0 Å². The average molecular weight is 454 g/mol. The predicted octanol–water partition coefficient (Wildman–Crippen LogP) is 5.16. The summed E-state index contributed by atoms with van der Waals surface area (Å²) in [5.41, 5.74) is 2.52. The molecule has 0 aromatic heterocycles.